The van der Waals surface area contributed by atoms with Crippen molar-refractivity contribution in [2.45, 2.75) is 20.0 Å². The molecule has 0 saturated heterocycles. The second-order valence-corrected chi connectivity index (χ2v) is 5.43. The zero-order chi connectivity index (χ0) is 10.1. The monoisotopic (exact) mass is 224 g/mol. The number of thiophene rings is 2. The Kier molecular flexibility index (Phi) is 2.72. The maximum absolute atomic E-state index is 10.1. The summed E-state index contributed by atoms with van der Waals surface area (Å²) in [5, 5.41) is 14.1. The van der Waals surface area contributed by atoms with Crippen molar-refractivity contribution in [3.63, 3.8) is 0 Å². The SMILES string of the molecule is Cc1cc(C)c(C(O)c2ccsc2)s1. The van der Waals surface area contributed by atoms with Crippen molar-refractivity contribution in [2.24, 2.45) is 0 Å². The molecule has 0 aliphatic heterocycles. The van der Waals surface area contributed by atoms with E-state index in [1.54, 1.807) is 22.7 Å². The summed E-state index contributed by atoms with van der Waals surface area (Å²) in [6, 6.07) is 4.10. The first-order valence-corrected chi connectivity index (χ1v) is 6.21. The molecule has 0 aliphatic rings. The Labute approximate surface area is 91.7 Å². The van der Waals surface area contributed by atoms with Gasteiger partial charge in [-0.1, -0.05) is 0 Å². The molecule has 0 radical (unpaired) electrons. The zero-order valence-electron chi connectivity index (χ0n) is 8.15. The summed E-state index contributed by atoms with van der Waals surface area (Å²) in [4.78, 5) is 2.33. The molecule has 0 amide bonds. The van der Waals surface area contributed by atoms with E-state index in [2.05, 4.69) is 19.9 Å². The van der Waals surface area contributed by atoms with Gasteiger partial charge in [0.2, 0.25) is 0 Å². The quantitative estimate of drug-likeness (QED) is 0.827. The molecule has 14 heavy (non-hydrogen) atoms. The van der Waals surface area contributed by atoms with Gasteiger partial charge < -0.3 is 5.11 Å². The number of aryl methyl sites for hydroxylation is 2. The van der Waals surface area contributed by atoms with Crippen LogP contribution in [0.1, 0.15) is 27.0 Å². The van der Waals surface area contributed by atoms with Crippen LogP contribution in [0, 0.1) is 13.8 Å². The molecule has 0 aliphatic carbocycles. The summed E-state index contributed by atoms with van der Waals surface area (Å²) in [5.74, 6) is 0. The third-order valence-electron chi connectivity index (χ3n) is 2.19. The van der Waals surface area contributed by atoms with Crippen molar-refractivity contribution < 1.29 is 5.11 Å². The molecule has 3 heteroatoms. The molecule has 74 valence electrons. The lowest BCUT2D eigenvalue weighted by Gasteiger charge is -2.07. The topological polar surface area (TPSA) is 20.2 Å². The number of rotatable bonds is 2. The first kappa shape index (κ1) is 9.90. The standard InChI is InChI=1S/C11H12OS2/c1-7-5-8(2)14-11(7)10(12)9-3-4-13-6-9/h3-6,10,12H,1-2H3. The molecule has 0 fully saturated rings. The first-order chi connectivity index (χ1) is 6.68. The van der Waals surface area contributed by atoms with E-state index in [1.165, 1.54) is 10.4 Å². The lowest BCUT2D eigenvalue weighted by molar-refractivity contribution is 0.224. The van der Waals surface area contributed by atoms with Crippen LogP contribution in [0.25, 0.3) is 0 Å². The predicted octanol–water partition coefficient (Wildman–Crippen LogP) is 3.51. The van der Waals surface area contributed by atoms with Crippen LogP contribution in [-0.2, 0) is 0 Å². The van der Waals surface area contributed by atoms with Crippen molar-refractivity contribution in [1.29, 1.82) is 0 Å². The van der Waals surface area contributed by atoms with Gasteiger partial charge in [-0.15, -0.1) is 11.3 Å². The molecule has 0 aromatic carbocycles. The summed E-state index contributed by atoms with van der Waals surface area (Å²) in [7, 11) is 0. The Morgan fingerprint density at radius 3 is 2.64 bits per heavy atom. The van der Waals surface area contributed by atoms with E-state index in [9.17, 15) is 5.11 Å². The lowest BCUT2D eigenvalue weighted by Crippen LogP contribution is -1.96. The van der Waals surface area contributed by atoms with Crippen LogP contribution in [0.15, 0.2) is 22.9 Å². The van der Waals surface area contributed by atoms with Crippen LogP contribution >= 0.6 is 22.7 Å². The minimum atomic E-state index is -0.444. The second-order valence-electron chi connectivity index (χ2n) is 3.36. The third kappa shape index (κ3) is 1.75. The molecule has 1 nitrogen and oxygen atoms in total. The van der Waals surface area contributed by atoms with Crippen molar-refractivity contribution >= 4 is 22.7 Å². The number of aliphatic hydroxyl groups excluding tert-OH is 1. The smallest absolute Gasteiger partial charge is 0.114 e. The van der Waals surface area contributed by atoms with Gasteiger partial charge in [-0.2, -0.15) is 11.3 Å². The summed E-state index contributed by atoms with van der Waals surface area (Å²) < 4.78 is 0. The van der Waals surface area contributed by atoms with Gasteiger partial charge in [0, 0.05) is 9.75 Å². The fourth-order valence-electron chi connectivity index (χ4n) is 1.51. The van der Waals surface area contributed by atoms with E-state index in [0.717, 1.165) is 10.4 Å². The Hall–Kier alpha value is -0.640. The van der Waals surface area contributed by atoms with E-state index in [4.69, 9.17) is 0 Å². The molecule has 0 saturated carbocycles. The number of hydrogen-bond acceptors (Lipinski definition) is 3. The Balaban J connectivity index is 2.36. The fraction of sp³-hybridized carbons (Fsp3) is 0.273. The molecular formula is C11H12OS2. The van der Waals surface area contributed by atoms with E-state index in [-0.39, 0.29) is 0 Å². The molecule has 1 unspecified atom stereocenters. The highest BCUT2D eigenvalue weighted by Gasteiger charge is 2.15. The minimum Gasteiger partial charge on any atom is -0.383 e. The van der Waals surface area contributed by atoms with Crippen molar-refractivity contribution in [3.8, 4) is 0 Å². The normalized spacial score (nSPS) is 13.1. The fourth-order valence-corrected chi connectivity index (χ4v) is 3.24. The van der Waals surface area contributed by atoms with Gasteiger partial charge in [-0.25, -0.2) is 0 Å². The zero-order valence-corrected chi connectivity index (χ0v) is 9.78. The molecule has 1 atom stereocenters. The average Bonchev–Trinajstić information content (AvgIpc) is 2.73. The van der Waals surface area contributed by atoms with Crippen LogP contribution < -0.4 is 0 Å². The molecule has 2 heterocycles. The van der Waals surface area contributed by atoms with E-state index in [0.29, 0.717) is 0 Å². The Bertz CT molecular complexity index is 414. The van der Waals surface area contributed by atoms with Gasteiger partial charge in [0.05, 0.1) is 0 Å². The molecule has 2 rings (SSSR count). The Morgan fingerprint density at radius 1 is 1.36 bits per heavy atom. The molecular weight excluding hydrogens is 212 g/mol. The van der Waals surface area contributed by atoms with Gasteiger partial charge in [0.15, 0.2) is 0 Å². The highest BCUT2D eigenvalue weighted by atomic mass is 32.1. The molecule has 1 N–H and O–H groups in total. The van der Waals surface area contributed by atoms with E-state index >= 15 is 0 Å². The lowest BCUT2D eigenvalue weighted by atomic mass is 10.1. The third-order valence-corrected chi connectivity index (χ3v) is 4.09. The van der Waals surface area contributed by atoms with Crippen LogP contribution in [0.2, 0.25) is 0 Å². The first-order valence-electron chi connectivity index (χ1n) is 4.45. The molecule has 0 bridgehead atoms. The van der Waals surface area contributed by atoms with Crippen molar-refractivity contribution in [3.05, 3.63) is 43.8 Å². The van der Waals surface area contributed by atoms with Crippen LogP contribution in [0.4, 0.5) is 0 Å². The predicted molar refractivity (Wildman–Crippen MR) is 62.2 cm³/mol. The van der Waals surface area contributed by atoms with Gasteiger partial charge in [-0.3, -0.25) is 0 Å². The maximum Gasteiger partial charge on any atom is 0.114 e. The van der Waals surface area contributed by atoms with Gasteiger partial charge in [-0.05, 0) is 47.9 Å². The second kappa shape index (κ2) is 3.85. The Morgan fingerprint density at radius 2 is 2.14 bits per heavy atom. The largest absolute Gasteiger partial charge is 0.383 e. The van der Waals surface area contributed by atoms with Crippen LogP contribution in [-0.4, -0.2) is 5.11 Å². The van der Waals surface area contributed by atoms with Crippen molar-refractivity contribution in [2.75, 3.05) is 0 Å². The molecule has 2 aromatic rings. The minimum absolute atomic E-state index is 0.444. The maximum atomic E-state index is 10.1. The number of hydrogen-bond donors (Lipinski definition) is 1. The van der Waals surface area contributed by atoms with Gasteiger partial charge in [0.1, 0.15) is 6.10 Å². The highest BCUT2D eigenvalue weighted by molar-refractivity contribution is 7.12. The van der Waals surface area contributed by atoms with E-state index < -0.39 is 6.10 Å². The van der Waals surface area contributed by atoms with Crippen molar-refractivity contribution in [1.82, 2.24) is 0 Å². The summed E-state index contributed by atoms with van der Waals surface area (Å²) in [5.41, 5.74) is 2.19. The molecule has 2 aromatic heterocycles. The summed E-state index contributed by atoms with van der Waals surface area (Å²) in [6.45, 7) is 4.12. The summed E-state index contributed by atoms with van der Waals surface area (Å²) in [6.07, 6.45) is -0.444. The van der Waals surface area contributed by atoms with Gasteiger partial charge in [0.25, 0.3) is 0 Å². The van der Waals surface area contributed by atoms with Crippen LogP contribution in [0.5, 0.6) is 0 Å². The highest BCUT2D eigenvalue weighted by Crippen LogP contribution is 2.32. The summed E-state index contributed by atoms with van der Waals surface area (Å²) >= 11 is 3.30. The molecule has 0 spiro atoms. The number of aliphatic hydroxyl groups is 1. The van der Waals surface area contributed by atoms with Crippen LogP contribution in [0.3, 0.4) is 0 Å². The average molecular weight is 224 g/mol. The van der Waals surface area contributed by atoms with Gasteiger partial charge >= 0.3 is 0 Å². The van der Waals surface area contributed by atoms with E-state index in [1.807, 2.05) is 16.8 Å².